The van der Waals surface area contributed by atoms with E-state index in [1.807, 2.05) is 19.9 Å². The van der Waals surface area contributed by atoms with Gasteiger partial charge in [-0.05, 0) is 18.1 Å². The SMILES string of the molecule is CC(C)[C@H](Nc1cccc(F)c1C#N)C(=O)N1CCOCC1. The Balaban J connectivity index is 2.21. The molecule has 0 saturated carbocycles. The highest BCUT2D eigenvalue weighted by Crippen LogP contribution is 2.21. The molecule has 2 rings (SSSR count). The van der Waals surface area contributed by atoms with E-state index in [2.05, 4.69) is 5.32 Å². The lowest BCUT2D eigenvalue weighted by Gasteiger charge is -2.32. The van der Waals surface area contributed by atoms with Gasteiger partial charge >= 0.3 is 0 Å². The number of ether oxygens (including phenoxy) is 1. The second-order valence-electron chi connectivity index (χ2n) is 5.58. The van der Waals surface area contributed by atoms with Crippen LogP contribution in [0.4, 0.5) is 10.1 Å². The molecule has 0 radical (unpaired) electrons. The van der Waals surface area contributed by atoms with E-state index in [1.165, 1.54) is 12.1 Å². The van der Waals surface area contributed by atoms with Crippen LogP contribution in [-0.2, 0) is 9.53 Å². The molecule has 0 bridgehead atoms. The Hall–Kier alpha value is -2.13. The van der Waals surface area contributed by atoms with Crippen LogP contribution in [0.25, 0.3) is 0 Å². The normalized spacial score (nSPS) is 16.2. The quantitative estimate of drug-likeness (QED) is 0.924. The maximum Gasteiger partial charge on any atom is 0.245 e. The summed E-state index contributed by atoms with van der Waals surface area (Å²) >= 11 is 0. The van der Waals surface area contributed by atoms with Crippen LogP contribution in [0.15, 0.2) is 18.2 Å². The van der Waals surface area contributed by atoms with E-state index < -0.39 is 11.9 Å². The first-order chi connectivity index (χ1) is 10.5. The molecular formula is C16H20FN3O2. The van der Waals surface area contributed by atoms with Crippen LogP contribution in [0, 0.1) is 23.1 Å². The molecule has 5 nitrogen and oxygen atoms in total. The molecular weight excluding hydrogens is 285 g/mol. The molecule has 1 aromatic rings. The molecule has 1 fully saturated rings. The zero-order valence-electron chi connectivity index (χ0n) is 12.8. The van der Waals surface area contributed by atoms with Gasteiger partial charge in [0, 0.05) is 13.1 Å². The molecule has 0 aliphatic carbocycles. The summed E-state index contributed by atoms with van der Waals surface area (Å²) in [6.45, 7) is 6.00. The summed E-state index contributed by atoms with van der Waals surface area (Å²) in [5.41, 5.74) is 0.283. The van der Waals surface area contributed by atoms with Gasteiger partial charge in [-0.3, -0.25) is 4.79 Å². The van der Waals surface area contributed by atoms with Gasteiger partial charge in [0.2, 0.25) is 5.91 Å². The summed E-state index contributed by atoms with van der Waals surface area (Å²) in [6.07, 6.45) is 0. The fraction of sp³-hybridized carbons (Fsp3) is 0.500. The van der Waals surface area contributed by atoms with Crippen molar-refractivity contribution < 1.29 is 13.9 Å². The van der Waals surface area contributed by atoms with Gasteiger partial charge in [-0.1, -0.05) is 19.9 Å². The van der Waals surface area contributed by atoms with Gasteiger partial charge < -0.3 is 15.0 Å². The van der Waals surface area contributed by atoms with Crippen molar-refractivity contribution in [2.45, 2.75) is 19.9 Å². The highest BCUT2D eigenvalue weighted by molar-refractivity contribution is 5.85. The third kappa shape index (κ3) is 3.55. The number of carbonyl (C=O) groups is 1. The second kappa shape index (κ2) is 7.23. The van der Waals surface area contributed by atoms with Crippen molar-refractivity contribution in [1.82, 2.24) is 4.90 Å². The smallest absolute Gasteiger partial charge is 0.245 e. The minimum absolute atomic E-state index is 0.00477. The van der Waals surface area contributed by atoms with Crippen molar-refractivity contribution in [1.29, 1.82) is 5.26 Å². The number of morpholine rings is 1. The molecule has 0 unspecified atom stereocenters. The van der Waals surface area contributed by atoms with Gasteiger partial charge in [0.15, 0.2) is 0 Å². The van der Waals surface area contributed by atoms with E-state index in [-0.39, 0.29) is 17.4 Å². The number of hydrogen-bond donors (Lipinski definition) is 1. The van der Waals surface area contributed by atoms with Crippen molar-refractivity contribution >= 4 is 11.6 Å². The lowest BCUT2D eigenvalue weighted by atomic mass is 10.0. The van der Waals surface area contributed by atoms with E-state index >= 15 is 0 Å². The Kier molecular flexibility index (Phi) is 5.34. The summed E-state index contributed by atoms with van der Waals surface area (Å²) in [5.74, 6) is -0.634. The fourth-order valence-corrected chi connectivity index (χ4v) is 2.42. The monoisotopic (exact) mass is 305 g/mol. The van der Waals surface area contributed by atoms with Crippen LogP contribution >= 0.6 is 0 Å². The van der Waals surface area contributed by atoms with E-state index in [0.717, 1.165) is 0 Å². The minimum atomic E-state index is -0.589. The molecule has 1 atom stereocenters. The van der Waals surface area contributed by atoms with Gasteiger partial charge in [-0.15, -0.1) is 0 Å². The third-order valence-corrected chi connectivity index (χ3v) is 3.69. The first kappa shape index (κ1) is 16.2. The average Bonchev–Trinajstić information content (AvgIpc) is 2.52. The number of nitrogens with zero attached hydrogens (tertiary/aromatic N) is 2. The first-order valence-corrected chi connectivity index (χ1v) is 7.36. The zero-order chi connectivity index (χ0) is 16.1. The van der Waals surface area contributed by atoms with E-state index in [9.17, 15) is 9.18 Å². The molecule has 1 N–H and O–H groups in total. The number of nitriles is 1. The van der Waals surface area contributed by atoms with Crippen LogP contribution in [-0.4, -0.2) is 43.2 Å². The molecule has 1 saturated heterocycles. The number of amides is 1. The van der Waals surface area contributed by atoms with E-state index in [1.54, 1.807) is 11.0 Å². The number of carbonyl (C=O) groups excluding carboxylic acids is 1. The largest absolute Gasteiger partial charge is 0.378 e. The Morgan fingerprint density at radius 1 is 1.41 bits per heavy atom. The Bertz CT molecular complexity index is 577. The predicted octanol–water partition coefficient (Wildman–Crippen LogP) is 1.99. The Morgan fingerprint density at radius 3 is 2.68 bits per heavy atom. The molecule has 6 heteroatoms. The van der Waals surface area contributed by atoms with Crippen molar-refractivity contribution in [3.8, 4) is 6.07 Å². The fourth-order valence-electron chi connectivity index (χ4n) is 2.42. The summed E-state index contributed by atoms with van der Waals surface area (Å²) < 4.78 is 18.9. The van der Waals surface area contributed by atoms with Crippen molar-refractivity contribution in [3.63, 3.8) is 0 Å². The van der Waals surface area contributed by atoms with Gasteiger partial charge in [-0.2, -0.15) is 5.26 Å². The lowest BCUT2D eigenvalue weighted by molar-refractivity contribution is -0.137. The highest BCUT2D eigenvalue weighted by atomic mass is 19.1. The van der Waals surface area contributed by atoms with Crippen LogP contribution < -0.4 is 5.32 Å². The highest BCUT2D eigenvalue weighted by Gasteiger charge is 2.29. The lowest BCUT2D eigenvalue weighted by Crippen LogP contribution is -2.49. The standard InChI is InChI=1S/C16H20FN3O2/c1-11(2)15(16(21)20-6-8-22-9-7-20)19-14-5-3-4-13(17)12(14)10-18/h3-5,11,15,19H,6-9H2,1-2H3/t15-/m0/s1. The van der Waals surface area contributed by atoms with E-state index in [4.69, 9.17) is 10.00 Å². The molecule has 1 amide bonds. The first-order valence-electron chi connectivity index (χ1n) is 7.36. The predicted molar refractivity (Wildman–Crippen MR) is 80.8 cm³/mol. The number of anilines is 1. The maximum absolute atomic E-state index is 13.7. The summed E-state index contributed by atoms with van der Waals surface area (Å²) in [6, 6.07) is 5.71. The van der Waals surface area contributed by atoms with Crippen LogP contribution in [0.3, 0.4) is 0 Å². The Morgan fingerprint density at radius 2 is 2.09 bits per heavy atom. The van der Waals surface area contributed by atoms with Crippen LogP contribution in [0.5, 0.6) is 0 Å². The molecule has 0 aromatic heterocycles. The average molecular weight is 305 g/mol. The van der Waals surface area contributed by atoms with Crippen LogP contribution in [0.1, 0.15) is 19.4 Å². The van der Waals surface area contributed by atoms with Gasteiger partial charge in [-0.25, -0.2) is 4.39 Å². The maximum atomic E-state index is 13.7. The number of halogens is 1. The molecule has 118 valence electrons. The van der Waals surface area contributed by atoms with Crippen molar-refractivity contribution in [2.75, 3.05) is 31.6 Å². The van der Waals surface area contributed by atoms with Gasteiger partial charge in [0.25, 0.3) is 0 Å². The summed E-state index contributed by atoms with van der Waals surface area (Å²) in [5, 5.41) is 12.1. The minimum Gasteiger partial charge on any atom is -0.378 e. The number of nitrogens with one attached hydrogen (secondary N) is 1. The number of benzene rings is 1. The number of rotatable bonds is 4. The van der Waals surface area contributed by atoms with Gasteiger partial charge in [0.05, 0.1) is 18.9 Å². The summed E-state index contributed by atoms with van der Waals surface area (Å²) in [4.78, 5) is 14.4. The number of hydrogen-bond acceptors (Lipinski definition) is 4. The molecule has 1 heterocycles. The zero-order valence-corrected chi connectivity index (χ0v) is 12.8. The topological polar surface area (TPSA) is 65.4 Å². The second-order valence-corrected chi connectivity index (χ2v) is 5.58. The molecule has 0 spiro atoms. The summed E-state index contributed by atoms with van der Waals surface area (Å²) in [7, 11) is 0. The Labute approximate surface area is 129 Å². The van der Waals surface area contributed by atoms with Crippen LogP contribution in [0.2, 0.25) is 0 Å². The van der Waals surface area contributed by atoms with Crippen molar-refractivity contribution in [2.24, 2.45) is 5.92 Å². The molecule has 22 heavy (non-hydrogen) atoms. The molecule has 1 aliphatic heterocycles. The third-order valence-electron chi connectivity index (χ3n) is 3.69. The van der Waals surface area contributed by atoms with Gasteiger partial charge in [0.1, 0.15) is 23.5 Å². The van der Waals surface area contributed by atoms with Crippen molar-refractivity contribution in [3.05, 3.63) is 29.6 Å². The molecule has 1 aromatic carbocycles. The molecule has 1 aliphatic rings. The van der Waals surface area contributed by atoms with E-state index in [0.29, 0.717) is 32.0 Å².